The molecular weight excluding hydrogens is 290 g/mol. The van der Waals surface area contributed by atoms with Crippen LogP contribution in [-0.4, -0.2) is 44.6 Å². The summed E-state index contributed by atoms with van der Waals surface area (Å²) < 4.78 is 25.4. The van der Waals surface area contributed by atoms with Crippen molar-refractivity contribution in [2.75, 3.05) is 31.7 Å². The Balaban J connectivity index is 2.16. The van der Waals surface area contributed by atoms with Gasteiger partial charge < -0.3 is 16.2 Å². The topological polar surface area (TPSA) is 95.7 Å². The van der Waals surface area contributed by atoms with Crippen molar-refractivity contribution in [1.29, 1.82) is 0 Å². The summed E-state index contributed by atoms with van der Waals surface area (Å²) in [4.78, 5) is 0.205. The van der Waals surface area contributed by atoms with Crippen LogP contribution in [0.15, 0.2) is 23.1 Å². The summed E-state index contributed by atoms with van der Waals surface area (Å²) in [7, 11) is -0.488. The molecule has 0 aliphatic heterocycles. The molecular formula is C14H23N3O3S. The highest BCUT2D eigenvalue weighted by Gasteiger charge is 2.25. The first kappa shape index (κ1) is 16.1. The molecule has 6 nitrogen and oxygen atoms in total. The Kier molecular flexibility index (Phi) is 4.75. The van der Waals surface area contributed by atoms with Crippen LogP contribution >= 0.6 is 0 Å². The van der Waals surface area contributed by atoms with Gasteiger partial charge in [-0.3, -0.25) is 0 Å². The van der Waals surface area contributed by atoms with E-state index < -0.39 is 10.0 Å². The number of aliphatic hydroxyl groups is 1. The van der Waals surface area contributed by atoms with Crippen molar-refractivity contribution in [3.05, 3.63) is 18.2 Å². The number of nitrogen functional groups attached to an aromatic ring is 1. The molecule has 2 atom stereocenters. The molecule has 2 unspecified atom stereocenters. The Labute approximate surface area is 126 Å². The van der Waals surface area contributed by atoms with E-state index in [1.54, 1.807) is 12.1 Å². The van der Waals surface area contributed by atoms with Gasteiger partial charge in [0.2, 0.25) is 10.0 Å². The molecule has 1 fully saturated rings. The third-order valence-electron chi connectivity index (χ3n) is 3.98. The first-order chi connectivity index (χ1) is 9.82. The molecule has 1 aliphatic carbocycles. The summed E-state index contributed by atoms with van der Waals surface area (Å²) in [5, 5.41) is 13.0. The monoisotopic (exact) mass is 313 g/mol. The van der Waals surface area contributed by atoms with Crippen molar-refractivity contribution in [3.8, 4) is 0 Å². The molecule has 0 aromatic heterocycles. The van der Waals surface area contributed by atoms with Crippen LogP contribution in [0.5, 0.6) is 0 Å². The maximum atomic E-state index is 12.1. The van der Waals surface area contributed by atoms with Crippen LogP contribution in [0.2, 0.25) is 0 Å². The fourth-order valence-corrected chi connectivity index (χ4v) is 3.48. The van der Waals surface area contributed by atoms with Crippen LogP contribution in [0.1, 0.15) is 19.3 Å². The lowest BCUT2D eigenvalue weighted by molar-refractivity contribution is 0.138. The molecule has 118 valence electrons. The SMILES string of the molecule is CN(C)S(=O)(=O)c1ccc(N)c(NCC2CCCC2O)c1. The van der Waals surface area contributed by atoms with Gasteiger partial charge in [-0.15, -0.1) is 0 Å². The molecule has 4 N–H and O–H groups in total. The normalized spacial score (nSPS) is 22.7. The summed E-state index contributed by atoms with van der Waals surface area (Å²) in [5.74, 6) is 0.193. The second-order valence-corrected chi connectivity index (χ2v) is 7.83. The van der Waals surface area contributed by atoms with Gasteiger partial charge in [0.25, 0.3) is 0 Å². The third-order valence-corrected chi connectivity index (χ3v) is 5.79. The Morgan fingerprint density at radius 2 is 2.10 bits per heavy atom. The Bertz CT molecular complexity index is 601. The molecule has 7 heteroatoms. The van der Waals surface area contributed by atoms with E-state index in [4.69, 9.17) is 5.73 Å². The molecule has 0 amide bonds. The standard InChI is InChI=1S/C14H23N3O3S/c1-17(2)21(19,20)11-6-7-12(15)13(8-11)16-9-10-4-3-5-14(10)18/h6-8,10,14,16,18H,3-5,9,15H2,1-2H3. The van der Waals surface area contributed by atoms with E-state index in [1.165, 1.54) is 24.5 Å². The zero-order valence-electron chi connectivity index (χ0n) is 12.4. The predicted molar refractivity (Wildman–Crippen MR) is 83.6 cm³/mol. The van der Waals surface area contributed by atoms with E-state index in [1.807, 2.05) is 0 Å². The number of hydrogen-bond donors (Lipinski definition) is 3. The number of anilines is 2. The minimum absolute atomic E-state index is 0.193. The second kappa shape index (κ2) is 6.21. The van der Waals surface area contributed by atoms with E-state index in [0.29, 0.717) is 17.9 Å². The number of nitrogens with two attached hydrogens (primary N) is 1. The zero-order chi connectivity index (χ0) is 15.6. The number of rotatable bonds is 5. The highest BCUT2D eigenvalue weighted by molar-refractivity contribution is 7.89. The predicted octanol–water partition coefficient (Wildman–Crippen LogP) is 1.09. The molecule has 0 saturated heterocycles. The van der Waals surface area contributed by atoms with Gasteiger partial charge in [-0.25, -0.2) is 12.7 Å². The Hall–Kier alpha value is -1.31. The van der Waals surface area contributed by atoms with Gasteiger partial charge in [-0.2, -0.15) is 0 Å². The van der Waals surface area contributed by atoms with Gasteiger partial charge in [0.1, 0.15) is 0 Å². The zero-order valence-corrected chi connectivity index (χ0v) is 13.2. The van der Waals surface area contributed by atoms with Crippen molar-refractivity contribution < 1.29 is 13.5 Å². The van der Waals surface area contributed by atoms with Crippen molar-refractivity contribution >= 4 is 21.4 Å². The fourth-order valence-electron chi connectivity index (χ4n) is 2.56. The second-order valence-electron chi connectivity index (χ2n) is 5.68. The lowest BCUT2D eigenvalue weighted by atomic mass is 10.1. The van der Waals surface area contributed by atoms with Gasteiger partial charge in [0, 0.05) is 26.6 Å². The van der Waals surface area contributed by atoms with Gasteiger partial charge in [-0.1, -0.05) is 6.42 Å². The molecule has 0 heterocycles. The highest BCUT2D eigenvalue weighted by Crippen LogP contribution is 2.28. The van der Waals surface area contributed by atoms with E-state index in [2.05, 4.69) is 5.32 Å². The number of hydrogen-bond acceptors (Lipinski definition) is 5. The third kappa shape index (κ3) is 3.48. The number of sulfonamides is 1. The summed E-state index contributed by atoms with van der Waals surface area (Å²) in [6.45, 7) is 0.594. The van der Waals surface area contributed by atoms with Crippen LogP contribution < -0.4 is 11.1 Å². The number of benzene rings is 1. The van der Waals surface area contributed by atoms with Crippen LogP contribution in [0, 0.1) is 5.92 Å². The van der Waals surface area contributed by atoms with E-state index in [9.17, 15) is 13.5 Å². The Morgan fingerprint density at radius 1 is 1.38 bits per heavy atom. The van der Waals surface area contributed by atoms with Crippen molar-refractivity contribution in [3.63, 3.8) is 0 Å². The van der Waals surface area contributed by atoms with E-state index in [-0.39, 0.29) is 16.9 Å². The van der Waals surface area contributed by atoms with Crippen LogP contribution in [0.3, 0.4) is 0 Å². The maximum absolute atomic E-state index is 12.1. The van der Waals surface area contributed by atoms with Crippen molar-refractivity contribution in [2.24, 2.45) is 5.92 Å². The minimum Gasteiger partial charge on any atom is -0.397 e. The lowest BCUT2D eigenvalue weighted by Gasteiger charge is -2.18. The largest absolute Gasteiger partial charge is 0.397 e. The van der Waals surface area contributed by atoms with Crippen molar-refractivity contribution in [1.82, 2.24) is 4.31 Å². The first-order valence-corrected chi connectivity index (χ1v) is 8.50. The molecule has 1 saturated carbocycles. The number of nitrogens with zero attached hydrogens (tertiary/aromatic N) is 1. The van der Waals surface area contributed by atoms with E-state index in [0.717, 1.165) is 19.3 Å². The average molecular weight is 313 g/mol. The number of nitrogens with one attached hydrogen (secondary N) is 1. The minimum atomic E-state index is -3.48. The average Bonchev–Trinajstić information content (AvgIpc) is 2.83. The van der Waals surface area contributed by atoms with Crippen LogP contribution in [-0.2, 0) is 10.0 Å². The maximum Gasteiger partial charge on any atom is 0.242 e. The van der Waals surface area contributed by atoms with Crippen LogP contribution in [0.25, 0.3) is 0 Å². The molecule has 0 bridgehead atoms. The van der Waals surface area contributed by atoms with Crippen molar-refractivity contribution in [2.45, 2.75) is 30.3 Å². The molecule has 1 aliphatic rings. The van der Waals surface area contributed by atoms with Gasteiger partial charge in [0.15, 0.2) is 0 Å². The van der Waals surface area contributed by atoms with Crippen LogP contribution in [0.4, 0.5) is 11.4 Å². The Morgan fingerprint density at radius 3 is 2.67 bits per heavy atom. The number of aliphatic hydroxyl groups excluding tert-OH is 1. The van der Waals surface area contributed by atoms with Gasteiger partial charge in [0.05, 0.1) is 22.4 Å². The summed E-state index contributed by atoms with van der Waals surface area (Å²) in [5.41, 5.74) is 6.99. The summed E-state index contributed by atoms with van der Waals surface area (Å²) >= 11 is 0. The smallest absolute Gasteiger partial charge is 0.242 e. The quantitative estimate of drug-likeness (QED) is 0.707. The molecule has 0 radical (unpaired) electrons. The first-order valence-electron chi connectivity index (χ1n) is 7.06. The summed E-state index contributed by atoms with van der Waals surface area (Å²) in [6, 6.07) is 4.63. The summed E-state index contributed by atoms with van der Waals surface area (Å²) in [6.07, 6.45) is 2.55. The molecule has 21 heavy (non-hydrogen) atoms. The lowest BCUT2D eigenvalue weighted by Crippen LogP contribution is -2.24. The van der Waals surface area contributed by atoms with E-state index >= 15 is 0 Å². The molecule has 2 rings (SSSR count). The van der Waals surface area contributed by atoms with Gasteiger partial charge >= 0.3 is 0 Å². The molecule has 1 aromatic carbocycles. The highest BCUT2D eigenvalue weighted by atomic mass is 32.2. The van der Waals surface area contributed by atoms with Gasteiger partial charge in [-0.05, 0) is 31.0 Å². The molecule has 1 aromatic rings. The molecule has 0 spiro atoms. The fraction of sp³-hybridized carbons (Fsp3) is 0.571.